The fourth-order valence-electron chi connectivity index (χ4n) is 2.84. The standard InChI is InChI=1S/C23H24N2O2/c1-17-9-7-14-21(18(17)2)25-22-13-4-3-12-20(22)23(26)27-16-8-11-19-10-5-6-15-24-19/h3-7,9-10,12-15,25H,8,11,16H2,1-2H3. The number of aromatic nitrogens is 1. The van der Waals surface area contributed by atoms with E-state index in [-0.39, 0.29) is 5.97 Å². The average molecular weight is 360 g/mol. The summed E-state index contributed by atoms with van der Waals surface area (Å²) in [6.45, 7) is 4.51. The lowest BCUT2D eigenvalue weighted by Crippen LogP contribution is -2.10. The molecule has 0 saturated carbocycles. The van der Waals surface area contributed by atoms with Crippen LogP contribution in [0.15, 0.2) is 66.9 Å². The van der Waals surface area contributed by atoms with Gasteiger partial charge in [-0.3, -0.25) is 4.98 Å². The smallest absolute Gasteiger partial charge is 0.340 e. The van der Waals surface area contributed by atoms with Gasteiger partial charge in [0.25, 0.3) is 0 Å². The van der Waals surface area contributed by atoms with Crippen LogP contribution in [0.2, 0.25) is 0 Å². The lowest BCUT2D eigenvalue weighted by molar-refractivity contribution is 0.0501. The Kier molecular flexibility index (Phi) is 6.21. The highest BCUT2D eigenvalue weighted by molar-refractivity contribution is 5.96. The van der Waals surface area contributed by atoms with Gasteiger partial charge in [0.15, 0.2) is 0 Å². The maximum atomic E-state index is 12.5. The van der Waals surface area contributed by atoms with E-state index in [1.165, 1.54) is 5.56 Å². The van der Waals surface area contributed by atoms with Crippen molar-refractivity contribution in [3.63, 3.8) is 0 Å². The molecule has 4 heteroatoms. The Labute approximate surface area is 160 Å². The molecule has 2 aromatic carbocycles. The summed E-state index contributed by atoms with van der Waals surface area (Å²) in [5, 5.41) is 3.37. The minimum absolute atomic E-state index is 0.315. The quantitative estimate of drug-likeness (QED) is 0.463. The summed E-state index contributed by atoms with van der Waals surface area (Å²) in [5.41, 5.74) is 5.65. The third-order valence-electron chi connectivity index (χ3n) is 4.56. The van der Waals surface area contributed by atoms with Crippen LogP contribution in [0, 0.1) is 13.8 Å². The number of carbonyl (C=O) groups is 1. The van der Waals surface area contributed by atoms with Gasteiger partial charge < -0.3 is 10.1 Å². The fraction of sp³-hybridized carbons (Fsp3) is 0.217. The highest BCUT2D eigenvalue weighted by Gasteiger charge is 2.13. The largest absolute Gasteiger partial charge is 0.462 e. The van der Waals surface area contributed by atoms with E-state index in [1.807, 2.05) is 48.5 Å². The molecule has 0 unspecified atom stereocenters. The lowest BCUT2D eigenvalue weighted by atomic mass is 10.1. The molecule has 0 amide bonds. The maximum Gasteiger partial charge on any atom is 0.340 e. The van der Waals surface area contributed by atoms with Crippen molar-refractivity contribution in [3.8, 4) is 0 Å². The van der Waals surface area contributed by atoms with Crippen molar-refractivity contribution in [1.29, 1.82) is 0 Å². The number of benzene rings is 2. The Bertz CT molecular complexity index is 907. The van der Waals surface area contributed by atoms with E-state index in [2.05, 4.69) is 30.2 Å². The van der Waals surface area contributed by atoms with Crippen LogP contribution in [0.25, 0.3) is 0 Å². The third-order valence-corrected chi connectivity index (χ3v) is 4.56. The normalized spacial score (nSPS) is 10.4. The molecule has 1 aromatic heterocycles. The van der Waals surface area contributed by atoms with Gasteiger partial charge in [-0.15, -0.1) is 0 Å². The van der Waals surface area contributed by atoms with Crippen LogP contribution in [-0.2, 0) is 11.2 Å². The van der Waals surface area contributed by atoms with E-state index in [1.54, 1.807) is 12.3 Å². The van der Waals surface area contributed by atoms with Crippen LogP contribution < -0.4 is 5.32 Å². The topological polar surface area (TPSA) is 51.2 Å². The zero-order chi connectivity index (χ0) is 19.1. The lowest BCUT2D eigenvalue weighted by Gasteiger charge is -2.14. The number of ether oxygens (including phenoxy) is 1. The summed E-state index contributed by atoms with van der Waals surface area (Å²) >= 11 is 0. The second kappa shape index (κ2) is 8.99. The van der Waals surface area contributed by atoms with Crippen molar-refractivity contribution < 1.29 is 9.53 Å². The van der Waals surface area contributed by atoms with Gasteiger partial charge in [-0.1, -0.05) is 30.3 Å². The number of aryl methyl sites for hydroxylation is 2. The number of pyridine rings is 1. The summed E-state index contributed by atoms with van der Waals surface area (Å²) in [7, 11) is 0. The average Bonchev–Trinajstić information content (AvgIpc) is 2.70. The molecule has 0 radical (unpaired) electrons. The predicted octanol–water partition coefficient (Wildman–Crippen LogP) is 5.23. The van der Waals surface area contributed by atoms with Gasteiger partial charge in [-0.2, -0.15) is 0 Å². The summed E-state index contributed by atoms with van der Waals surface area (Å²) < 4.78 is 5.48. The van der Waals surface area contributed by atoms with Crippen molar-refractivity contribution in [2.45, 2.75) is 26.7 Å². The van der Waals surface area contributed by atoms with Crippen molar-refractivity contribution in [2.75, 3.05) is 11.9 Å². The van der Waals surface area contributed by atoms with Crippen LogP contribution in [0.5, 0.6) is 0 Å². The van der Waals surface area contributed by atoms with Gasteiger partial charge >= 0.3 is 5.97 Å². The highest BCUT2D eigenvalue weighted by atomic mass is 16.5. The van der Waals surface area contributed by atoms with Crippen molar-refractivity contribution in [2.24, 2.45) is 0 Å². The van der Waals surface area contributed by atoms with E-state index in [4.69, 9.17) is 4.74 Å². The van der Waals surface area contributed by atoms with E-state index in [0.717, 1.165) is 35.5 Å². The first-order valence-electron chi connectivity index (χ1n) is 9.14. The first-order valence-corrected chi connectivity index (χ1v) is 9.14. The molecule has 0 bridgehead atoms. The van der Waals surface area contributed by atoms with Gasteiger partial charge in [0.2, 0.25) is 0 Å². The van der Waals surface area contributed by atoms with Gasteiger partial charge in [0.05, 0.1) is 17.9 Å². The van der Waals surface area contributed by atoms with Crippen LogP contribution in [0.3, 0.4) is 0 Å². The summed E-state index contributed by atoms with van der Waals surface area (Å²) in [6.07, 6.45) is 3.31. The SMILES string of the molecule is Cc1cccc(Nc2ccccc2C(=O)OCCCc2ccccn2)c1C. The Hall–Kier alpha value is -3.14. The monoisotopic (exact) mass is 360 g/mol. The summed E-state index contributed by atoms with van der Waals surface area (Å²) in [6, 6.07) is 19.4. The summed E-state index contributed by atoms with van der Waals surface area (Å²) in [5.74, 6) is -0.315. The number of esters is 1. The molecular formula is C23H24N2O2. The fourth-order valence-corrected chi connectivity index (χ4v) is 2.84. The zero-order valence-corrected chi connectivity index (χ0v) is 15.7. The molecule has 1 heterocycles. The molecule has 0 aliphatic heterocycles. The van der Waals surface area contributed by atoms with Crippen LogP contribution in [0.1, 0.15) is 33.6 Å². The number of nitrogens with one attached hydrogen (secondary N) is 1. The molecule has 0 aliphatic carbocycles. The molecule has 0 saturated heterocycles. The van der Waals surface area contributed by atoms with Crippen molar-refractivity contribution >= 4 is 17.3 Å². The Morgan fingerprint density at radius 1 is 0.963 bits per heavy atom. The number of anilines is 2. The number of nitrogens with zero attached hydrogens (tertiary/aromatic N) is 1. The molecule has 3 aromatic rings. The number of rotatable bonds is 7. The maximum absolute atomic E-state index is 12.5. The molecule has 0 atom stereocenters. The van der Waals surface area contributed by atoms with E-state index in [0.29, 0.717) is 12.2 Å². The Morgan fingerprint density at radius 3 is 2.56 bits per heavy atom. The second-order valence-electron chi connectivity index (χ2n) is 6.48. The number of hydrogen-bond acceptors (Lipinski definition) is 4. The van der Waals surface area contributed by atoms with E-state index < -0.39 is 0 Å². The zero-order valence-electron chi connectivity index (χ0n) is 15.7. The number of carbonyl (C=O) groups excluding carboxylic acids is 1. The van der Waals surface area contributed by atoms with Crippen LogP contribution in [0.4, 0.5) is 11.4 Å². The first kappa shape index (κ1) is 18.6. The summed E-state index contributed by atoms with van der Waals surface area (Å²) in [4.78, 5) is 16.8. The highest BCUT2D eigenvalue weighted by Crippen LogP contribution is 2.25. The number of para-hydroxylation sites is 1. The molecule has 1 N–H and O–H groups in total. The molecule has 27 heavy (non-hydrogen) atoms. The molecule has 0 spiro atoms. The molecule has 138 valence electrons. The minimum Gasteiger partial charge on any atom is -0.462 e. The van der Waals surface area contributed by atoms with Gasteiger partial charge in [0, 0.05) is 17.6 Å². The predicted molar refractivity (Wildman–Crippen MR) is 108 cm³/mol. The minimum atomic E-state index is -0.315. The third kappa shape index (κ3) is 4.94. The Morgan fingerprint density at radius 2 is 1.74 bits per heavy atom. The second-order valence-corrected chi connectivity index (χ2v) is 6.48. The first-order chi connectivity index (χ1) is 13.1. The van der Waals surface area contributed by atoms with Crippen molar-refractivity contribution in [3.05, 3.63) is 89.2 Å². The van der Waals surface area contributed by atoms with Gasteiger partial charge in [0.1, 0.15) is 0 Å². The molecule has 0 fully saturated rings. The number of hydrogen-bond donors (Lipinski definition) is 1. The van der Waals surface area contributed by atoms with Gasteiger partial charge in [-0.25, -0.2) is 4.79 Å². The molecular weight excluding hydrogens is 336 g/mol. The molecule has 3 rings (SSSR count). The van der Waals surface area contributed by atoms with Crippen LogP contribution in [-0.4, -0.2) is 17.6 Å². The van der Waals surface area contributed by atoms with E-state index in [9.17, 15) is 4.79 Å². The van der Waals surface area contributed by atoms with Gasteiger partial charge in [-0.05, 0) is 68.1 Å². The molecule has 4 nitrogen and oxygen atoms in total. The molecule has 0 aliphatic rings. The van der Waals surface area contributed by atoms with E-state index >= 15 is 0 Å². The van der Waals surface area contributed by atoms with Crippen molar-refractivity contribution in [1.82, 2.24) is 4.98 Å². The van der Waals surface area contributed by atoms with Crippen LogP contribution >= 0.6 is 0 Å². The Balaban J connectivity index is 1.62.